The number of allylic oxidation sites excluding steroid dienone is 2. The van der Waals surface area contributed by atoms with Gasteiger partial charge in [0.15, 0.2) is 0 Å². The SMILES string of the molecule is CCC1CC(OC(=O)NCC2=C[C][C]C=C2)CCN1CCC=C(c1ccc(F)cc1)c1ccc(F)cc1. The zero-order valence-corrected chi connectivity index (χ0v) is 21.1. The van der Waals surface area contributed by atoms with E-state index in [2.05, 4.69) is 36.1 Å². The predicted molar refractivity (Wildman–Crippen MR) is 141 cm³/mol. The van der Waals surface area contributed by atoms with Crippen molar-refractivity contribution in [1.82, 2.24) is 10.2 Å². The van der Waals surface area contributed by atoms with Crippen molar-refractivity contribution in [2.75, 3.05) is 19.6 Å². The summed E-state index contributed by atoms with van der Waals surface area (Å²) in [6, 6.07) is 13.1. The lowest BCUT2D eigenvalue weighted by Gasteiger charge is -2.38. The monoisotopic (exact) mass is 502 g/mol. The molecule has 4 nitrogen and oxygen atoms in total. The Morgan fingerprint density at radius 1 is 1.08 bits per heavy atom. The Bertz CT molecular complexity index is 1080. The van der Waals surface area contributed by atoms with Crippen LogP contribution in [0, 0.1) is 24.5 Å². The lowest BCUT2D eigenvalue weighted by Crippen LogP contribution is -2.46. The molecule has 1 aliphatic heterocycles. The molecule has 37 heavy (non-hydrogen) atoms. The molecule has 2 aromatic carbocycles. The number of nitrogens with one attached hydrogen (secondary N) is 1. The molecule has 0 aromatic heterocycles. The molecule has 4 radical (unpaired) electrons. The fourth-order valence-corrected chi connectivity index (χ4v) is 4.78. The Morgan fingerprint density at radius 3 is 2.35 bits per heavy atom. The van der Waals surface area contributed by atoms with Crippen LogP contribution >= 0.6 is 0 Å². The molecule has 2 aliphatic rings. The number of piperidine rings is 1. The molecule has 2 unspecified atom stereocenters. The molecular formula is C31H32F2N2O2. The van der Waals surface area contributed by atoms with Gasteiger partial charge >= 0.3 is 6.09 Å². The number of hydrogen-bond donors (Lipinski definition) is 1. The summed E-state index contributed by atoms with van der Waals surface area (Å²) in [7, 11) is 0. The number of ether oxygens (including phenoxy) is 1. The van der Waals surface area contributed by atoms with Gasteiger partial charge in [-0.15, -0.1) is 0 Å². The Kier molecular flexibility index (Phi) is 9.66. The molecule has 4 rings (SSSR count). The number of halogens is 2. The lowest BCUT2D eigenvalue weighted by molar-refractivity contribution is 0.0226. The first kappa shape index (κ1) is 26.8. The maximum Gasteiger partial charge on any atom is 0.407 e. The second-order valence-electron chi connectivity index (χ2n) is 9.26. The van der Waals surface area contributed by atoms with Crippen LogP contribution < -0.4 is 5.32 Å². The molecule has 0 bridgehead atoms. The molecule has 1 saturated heterocycles. The molecule has 1 N–H and O–H groups in total. The van der Waals surface area contributed by atoms with Gasteiger partial charge in [-0.05, 0) is 65.8 Å². The van der Waals surface area contributed by atoms with Crippen molar-refractivity contribution in [2.24, 2.45) is 0 Å². The van der Waals surface area contributed by atoms with E-state index in [1.54, 1.807) is 36.4 Å². The van der Waals surface area contributed by atoms with E-state index < -0.39 is 6.09 Å². The largest absolute Gasteiger partial charge is 0.446 e. The van der Waals surface area contributed by atoms with Gasteiger partial charge in [0.25, 0.3) is 0 Å². The molecular weight excluding hydrogens is 470 g/mol. The quantitative estimate of drug-likeness (QED) is 0.431. The minimum atomic E-state index is -0.396. The van der Waals surface area contributed by atoms with Gasteiger partial charge in [0.1, 0.15) is 17.7 Å². The summed E-state index contributed by atoms with van der Waals surface area (Å²) >= 11 is 0. The van der Waals surface area contributed by atoms with E-state index in [1.165, 1.54) is 24.3 Å². The number of alkyl carbamates (subject to hydrolysis) is 1. The van der Waals surface area contributed by atoms with E-state index in [0.717, 1.165) is 61.0 Å². The Balaban J connectivity index is 1.32. The van der Waals surface area contributed by atoms with Gasteiger partial charge < -0.3 is 10.1 Å². The number of benzene rings is 2. The topological polar surface area (TPSA) is 41.6 Å². The van der Waals surface area contributed by atoms with Crippen LogP contribution in [0.15, 0.2) is 78.4 Å². The van der Waals surface area contributed by atoms with E-state index in [-0.39, 0.29) is 17.7 Å². The van der Waals surface area contributed by atoms with Crippen molar-refractivity contribution in [2.45, 2.75) is 44.8 Å². The van der Waals surface area contributed by atoms with Crippen LogP contribution in [0.2, 0.25) is 0 Å². The van der Waals surface area contributed by atoms with Crippen molar-refractivity contribution in [3.63, 3.8) is 0 Å². The minimum absolute atomic E-state index is 0.110. The van der Waals surface area contributed by atoms with Crippen LogP contribution in [0.4, 0.5) is 13.6 Å². The van der Waals surface area contributed by atoms with Crippen LogP contribution in [0.3, 0.4) is 0 Å². The Labute approximate surface area is 218 Å². The number of hydrogen-bond acceptors (Lipinski definition) is 3. The van der Waals surface area contributed by atoms with E-state index in [9.17, 15) is 13.6 Å². The smallest absolute Gasteiger partial charge is 0.407 e. The summed E-state index contributed by atoms with van der Waals surface area (Å²) in [5.41, 5.74) is 3.69. The summed E-state index contributed by atoms with van der Waals surface area (Å²) in [6.45, 7) is 4.25. The number of carbonyl (C=O) groups is 1. The van der Waals surface area contributed by atoms with E-state index >= 15 is 0 Å². The van der Waals surface area contributed by atoms with Gasteiger partial charge in [0.05, 0.1) is 0 Å². The third-order valence-corrected chi connectivity index (χ3v) is 6.77. The van der Waals surface area contributed by atoms with Crippen LogP contribution in [-0.2, 0) is 4.74 Å². The van der Waals surface area contributed by atoms with Crippen LogP contribution in [-0.4, -0.2) is 42.8 Å². The number of carbonyl (C=O) groups excluding carboxylic acids is 1. The Hall–Kier alpha value is -3.25. The van der Waals surface area contributed by atoms with E-state index in [4.69, 9.17) is 4.74 Å². The minimum Gasteiger partial charge on any atom is -0.446 e. The zero-order valence-electron chi connectivity index (χ0n) is 21.1. The van der Waals surface area contributed by atoms with Crippen molar-refractivity contribution in [3.05, 3.63) is 114 Å². The molecule has 192 valence electrons. The zero-order chi connectivity index (χ0) is 26.0. The average molecular weight is 503 g/mol. The van der Waals surface area contributed by atoms with Gasteiger partial charge in [-0.1, -0.05) is 55.5 Å². The second-order valence-corrected chi connectivity index (χ2v) is 9.26. The normalized spacial score (nSPS) is 19.7. The van der Waals surface area contributed by atoms with Gasteiger partial charge in [-0.25, -0.2) is 13.6 Å². The number of likely N-dealkylation sites (tertiary alicyclic amines) is 1. The third kappa shape index (κ3) is 7.86. The summed E-state index contributed by atoms with van der Waals surface area (Å²) in [4.78, 5) is 14.7. The molecule has 6 heteroatoms. The second kappa shape index (κ2) is 13.3. The summed E-state index contributed by atoms with van der Waals surface area (Å²) < 4.78 is 32.7. The average Bonchev–Trinajstić information content (AvgIpc) is 2.92. The summed E-state index contributed by atoms with van der Waals surface area (Å²) in [5, 5.41) is 2.81. The van der Waals surface area contributed by atoms with Crippen molar-refractivity contribution < 1.29 is 18.3 Å². The van der Waals surface area contributed by atoms with Crippen molar-refractivity contribution in [3.8, 4) is 0 Å². The first-order valence-electron chi connectivity index (χ1n) is 12.8. The van der Waals surface area contributed by atoms with Crippen LogP contribution in [0.5, 0.6) is 0 Å². The highest BCUT2D eigenvalue weighted by Gasteiger charge is 2.29. The maximum absolute atomic E-state index is 13.5. The Morgan fingerprint density at radius 2 is 1.76 bits per heavy atom. The highest BCUT2D eigenvalue weighted by Crippen LogP contribution is 2.26. The highest BCUT2D eigenvalue weighted by atomic mass is 19.1. The lowest BCUT2D eigenvalue weighted by atomic mass is 9.95. The van der Waals surface area contributed by atoms with Crippen LogP contribution in [0.25, 0.3) is 5.57 Å². The third-order valence-electron chi connectivity index (χ3n) is 6.77. The number of rotatable bonds is 9. The van der Waals surface area contributed by atoms with Crippen LogP contribution in [0.1, 0.15) is 43.7 Å². The van der Waals surface area contributed by atoms with E-state index in [1.807, 2.05) is 6.08 Å². The van der Waals surface area contributed by atoms with Gasteiger partial charge in [-0.2, -0.15) is 0 Å². The molecule has 1 heterocycles. The maximum atomic E-state index is 13.5. The number of nitrogens with zero attached hydrogens (tertiary/aromatic N) is 1. The molecule has 0 saturated carbocycles. The summed E-state index contributed by atoms with van der Waals surface area (Å²) in [5.74, 6) is -0.576. The van der Waals surface area contributed by atoms with Gasteiger partial charge in [0, 0.05) is 44.9 Å². The number of amides is 1. The fraction of sp³-hybridized carbons (Fsp3) is 0.323. The first-order valence-corrected chi connectivity index (χ1v) is 12.8. The standard InChI is InChI=1S/C31H32F2N2O2/c1-2-28-21-29(37-31(36)34-22-23-7-4-3-5-8-23)18-20-35(28)19-6-9-30(24-10-14-26(32)15-11-24)25-12-16-27(33)17-13-25/h4,7-17,28-29H,2,6,18-22H2,1H3,(H,34,36). The summed E-state index contributed by atoms with van der Waals surface area (Å²) in [6.07, 6.45) is 16.1. The molecule has 2 atom stereocenters. The van der Waals surface area contributed by atoms with E-state index in [0.29, 0.717) is 12.6 Å². The van der Waals surface area contributed by atoms with Gasteiger partial charge in [-0.3, -0.25) is 4.90 Å². The molecule has 1 amide bonds. The molecule has 2 aromatic rings. The van der Waals surface area contributed by atoms with Crippen molar-refractivity contribution in [1.29, 1.82) is 0 Å². The predicted octanol–water partition coefficient (Wildman–Crippen LogP) is 6.41. The molecule has 1 aliphatic carbocycles. The molecule has 1 fully saturated rings. The highest BCUT2D eigenvalue weighted by molar-refractivity contribution is 5.79. The molecule has 0 spiro atoms. The van der Waals surface area contributed by atoms with Gasteiger partial charge in [0.2, 0.25) is 0 Å². The first-order chi connectivity index (χ1) is 18.0. The fourth-order valence-electron chi connectivity index (χ4n) is 4.78. The van der Waals surface area contributed by atoms with Crippen molar-refractivity contribution >= 4 is 11.7 Å².